The van der Waals surface area contributed by atoms with Gasteiger partial charge in [0.05, 0.1) is 0 Å². The third-order valence-corrected chi connectivity index (χ3v) is 1.49. The molecule has 5 nitrogen and oxygen atoms in total. The van der Waals surface area contributed by atoms with Crippen LogP contribution in [0.1, 0.15) is 6.42 Å². The van der Waals surface area contributed by atoms with E-state index in [0.717, 1.165) is 0 Å². The molecule has 0 bridgehead atoms. The van der Waals surface area contributed by atoms with E-state index < -0.39 is 18.4 Å². The van der Waals surface area contributed by atoms with Gasteiger partial charge in [-0.25, -0.2) is 4.79 Å². The van der Waals surface area contributed by atoms with Crippen LogP contribution in [0.25, 0.3) is 0 Å². The van der Waals surface area contributed by atoms with Gasteiger partial charge in [0.25, 0.3) is 0 Å². The Labute approximate surface area is 71.2 Å². The molecule has 0 fully saturated rings. The van der Waals surface area contributed by atoms with Gasteiger partial charge < -0.3 is 19.3 Å². The van der Waals surface area contributed by atoms with Crippen molar-refractivity contribution in [1.82, 2.24) is 0 Å². The molecule has 0 aromatic carbocycles. The average molecular weight is 178 g/mol. The fraction of sp³-hybridized carbons (Fsp3) is 0.857. The van der Waals surface area contributed by atoms with Crippen LogP contribution in [0.4, 0.5) is 0 Å². The Balaban J connectivity index is 3.91. The number of methoxy groups -OCH3 is 3. The number of ether oxygens (including phenoxy) is 3. The lowest BCUT2D eigenvalue weighted by Crippen LogP contribution is -2.29. The lowest BCUT2D eigenvalue weighted by atomic mass is 10.2. The smallest absolute Gasteiger partial charge is 0.332 e. The quantitative estimate of drug-likeness (QED) is 0.584. The summed E-state index contributed by atoms with van der Waals surface area (Å²) >= 11 is 0. The van der Waals surface area contributed by atoms with Crippen molar-refractivity contribution in [1.29, 1.82) is 0 Å². The molecule has 0 radical (unpaired) electrons. The van der Waals surface area contributed by atoms with Crippen LogP contribution >= 0.6 is 0 Å². The van der Waals surface area contributed by atoms with Crippen LogP contribution < -0.4 is 0 Å². The lowest BCUT2D eigenvalue weighted by molar-refractivity contribution is -0.161. The molecule has 0 aliphatic rings. The molecule has 0 aromatic heterocycles. The van der Waals surface area contributed by atoms with Crippen molar-refractivity contribution < 1.29 is 24.1 Å². The second-order valence-electron chi connectivity index (χ2n) is 2.20. The van der Waals surface area contributed by atoms with Gasteiger partial charge in [-0.15, -0.1) is 0 Å². The van der Waals surface area contributed by atoms with Gasteiger partial charge in [-0.2, -0.15) is 0 Å². The van der Waals surface area contributed by atoms with Crippen LogP contribution in [0.5, 0.6) is 0 Å². The van der Waals surface area contributed by atoms with E-state index in [4.69, 9.17) is 14.6 Å². The van der Waals surface area contributed by atoms with Crippen LogP contribution in [-0.2, 0) is 19.0 Å². The number of hydrogen-bond acceptors (Lipinski definition) is 4. The molecular weight excluding hydrogens is 164 g/mol. The van der Waals surface area contributed by atoms with Crippen molar-refractivity contribution in [2.24, 2.45) is 0 Å². The van der Waals surface area contributed by atoms with E-state index in [2.05, 4.69) is 4.74 Å². The van der Waals surface area contributed by atoms with E-state index in [9.17, 15) is 4.79 Å². The number of carboxylic acid groups (broad SMARTS) is 1. The molecular formula is C7H14O5. The minimum absolute atomic E-state index is 0.179. The number of aliphatic carboxylic acids is 1. The Kier molecular flexibility index (Phi) is 5.61. The number of hydrogen-bond donors (Lipinski definition) is 1. The van der Waals surface area contributed by atoms with Crippen LogP contribution in [0.2, 0.25) is 0 Å². The zero-order valence-electron chi connectivity index (χ0n) is 7.44. The minimum atomic E-state index is -1.02. The predicted molar refractivity (Wildman–Crippen MR) is 40.9 cm³/mol. The summed E-state index contributed by atoms with van der Waals surface area (Å²) in [5.74, 6) is -1.02. The molecule has 0 amide bonds. The summed E-state index contributed by atoms with van der Waals surface area (Å²) in [6, 6.07) is 0. The maximum Gasteiger partial charge on any atom is 0.332 e. The molecule has 0 saturated heterocycles. The van der Waals surface area contributed by atoms with Crippen molar-refractivity contribution in [3.05, 3.63) is 0 Å². The SMILES string of the molecule is COC(CC(OC)C(=O)O)OC. The Morgan fingerprint density at radius 2 is 1.75 bits per heavy atom. The molecule has 0 aliphatic carbocycles. The number of carboxylic acids is 1. The molecule has 1 unspecified atom stereocenters. The lowest BCUT2D eigenvalue weighted by Gasteiger charge is -2.17. The number of rotatable bonds is 6. The maximum atomic E-state index is 10.5. The van der Waals surface area contributed by atoms with Gasteiger partial charge in [-0.3, -0.25) is 0 Å². The minimum Gasteiger partial charge on any atom is -0.479 e. The summed E-state index contributed by atoms with van der Waals surface area (Å²) in [7, 11) is 4.23. The highest BCUT2D eigenvalue weighted by atomic mass is 16.7. The normalized spacial score (nSPS) is 13.3. The van der Waals surface area contributed by atoms with Crippen molar-refractivity contribution >= 4 is 5.97 Å². The topological polar surface area (TPSA) is 65.0 Å². The van der Waals surface area contributed by atoms with Crippen LogP contribution in [0, 0.1) is 0 Å². The zero-order chi connectivity index (χ0) is 9.56. The van der Waals surface area contributed by atoms with Crippen LogP contribution in [0.15, 0.2) is 0 Å². The summed E-state index contributed by atoms with van der Waals surface area (Å²) in [5.41, 5.74) is 0. The Bertz CT molecular complexity index is 132. The average Bonchev–Trinajstić information content (AvgIpc) is 2.06. The summed E-state index contributed by atoms with van der Waals surface area (Å²) in [6.07, 6.45) is -1.24. The van der Waals surface area contributed by atoms with Gasteiger partial charge in [0.1, 0.15) is 0 Å². The van der Waals surface area contributed by atoms with Gasteiger partial charge in [0.15, 0.2) is 12.4 Å². The summed E-state index contributed by atoms with van der Waals surface area (Å²) in [5, 5.41) is 8.58. The first kappa shape index (κ1) is 11.4. The monoisotopic (exact) mass is 178 g/mol. The fourth-order valence-electron chi connectivity index (χ4n) is 0.761. The molecule has 1 N–H and O–H groups in total. The Morgan fingerprint density at radius 1 is 1.25 bits per heavy atom. The summed E-state index contributed by atoms with van der Waals surface area (Å²) < 4.78 is 14.3. The van der Waals surface area contributed by atoms with Crippen LogP contribution in [0.3, 0.4) is 0 Å². The highest BCUT2D eigenvalue weighted by Gasteiger charge is 2.21. The van der Waals surface area contributed by atoms with Gasteiger partial charge in [0.2, 0.25) is 0 Å². The van der Waals surface area contributed by atoms with Gasteiger partial charge >= 0.3 is 5.97 Å². The first-order chi connectivity index (χ1) is 5.65. The highest BCUT2D eigenvalue weighted by molar-refractivity contribution is 5.72. The molecule has 1 atom stereocenters. The molecule has 5 heteroatoms. The molecule has 0 aromatic rings. The first-order valence-corrected chi connectivity index (χ1v) is 3.46. The van der Waals surface area contributed by atoms with E-state index in [-0.39, 0.29) is 6.42 Å². The third-order valence-electron chi connectivity index (χ3n) is 1.49. The summed E-state index contributed by atoms with van der Waals surface area (Å²) in [4.78, 5) is 10.5. The molecule has 0 rings (SSSR count). The van der Waals surface area contributed by atoms with Crippen molar-refractivity contribution in [3.63, 3.8) is 0 Å². The molecule has 0 spiro atoms. The molecule has 12 heavy (non-hydrogen) atoms. The van der Waals surface area contributed by atoms with E-state index in [1.807, 2.05) is 0 Å². The third kappa shape index (κ3) is 3.66. The number of carbonyl (C=O) groups is 1. The fourth-order valence-corrected chi connectivity index (χ4v) is 0.761. The second-order valence-corrected chi connectivity index (χ2v) is 2.20. The predicted octanol–water partition coefficient (Wildman–Crippen LogP) is 0.0950. The van der Waals surface area contributed by atoms with E-state index >= 15 is 0 Å². The van der Waals surface area contributed by atoms with E-state index in [1.165, 1.54) is 21.3 Å². The van der Waals surface area contributed by atoms with Gasteiger partial charge in [-0.1, -0.05) is 0 Å². The maximum absolute atomic E-state index is 10.5. The van der Waals surface area contributed by atoms with Gasteiger partial charge in [-0.05, 0) is 0 Å². The first-order valence-electron chi connectivity index (χ1n) is 3.46. The van der Waals surface area contributed by atoms with Crippen molar-refractivity contribution in [2.45, 2.75) is 18.8 Å². The van der Waals surface area contributed by atoms with E-state index in [1.54, 1.807) is 0 Å². The standard InChI is InChI=1S/C7H14O5/c1-10-5(7(8)9)4-6(11-2)12-3/h5-6H,4H2,1-3H3,(H,8,9). The molecule has 0 saturated carbocycles. The van der Waals surface area contributed by atoms with Crippen molar-refractivity contribution in [2.75, 3.05) is 21.3 Å². The Hall–Kier alpha value is -0.650. The van der Waals surface area contributed by atoms with E-state index in [0.29, 0.717) is 0 Å². The largest absolute Gasteiger partial charge is 0.479 e. The van der Waals surface area contributed by atoms with Gasteiger partial charge in [0, 0.05) is 27.8 Å². The molecule has 0 heterocycles. The summed E-state index contributed by atoms with van der Waals surface area (Å²) in [6.45, 7) is 0. The highest BCUT2D eigenvalue weighted by Crippen LogP contribution is 2.05. The zero-order valence-corrected chi connectivity index (χ0v) is 7.44. The Morgan fingerprint density at radius 3 is 2.00 bits per heavy atom. The van der Waals surface area contributed by atoms with Crippen molar-refractivity contribution in [3.8, 4) is 0 Å². The molecule has 72 valence electrons. The van der Waals surface area contributed by atoms with Crippen LogP contribution in [-0.4, -0.2) is 44.8 Å². The second kappa shape index (κ2) is 5.93. The molecule has 0 aliphatic heterocycles.